The van der Waals surface area contributed by atoms with Crippen LogP contribution < -0.4 is 4.90 Å². The number of likely N-dealkylation sites (N-methyl/N-ethyl adjacent to an activating group) is 1. The van der Waals surface area contributed by atoms with Crippen molar-refractivity contribution in [3.8, 4) is 0 Å². The number of aliphatic hydroxyl groups is 1. The molecule has 0 spiro atoms. The average Bonchev–Trinajstić information content (AvgIpc) is 2.39. The zero-order chi connectivity index (χ0) is 13.0. The number of anilines is 1. The van der Waals surface area contributed by atoms with Gasteiger partial charge in [0, 0.05) is 45.8 Å². The molecule has 0 amide bonds. The van der Waals surface area contributed by atoms with Gasteiger partial charge >= 0.3 is 0 Å². The lowest BCUT2D eigenvalue weighted by Gasteiger charge is -2.36. The minimum Gasteiger partial charge on any atom is -0.388 e. The molecule has 1 aliphatic rings. The van der Waals surface area contributed by atoms with Crippen molar-refractivity contribution in [2.24, 2.45) is 0 Å². The fourth-order valence-corrected chi connectivity index (χ4v) is 2.25. The number of aromatic nitrogens is 1. The van der Waals surface area contributed by atoms with Crippen LogP contribution in [0.2, 0.25) is 0 Å². The van der Waals surface area contributed by atoms with Gasteiger partial charge in [-0.15, -0.1) is 0 Å². The van der Waals surface area contributed by atoms with E-state index < -0.39 is 5.60 Å². The van der Waals surface area contributed by atoms with E-state index in [1.165, 1.54) is 0 Å². The Morgan fingerprint density at radius 3 is 2.94 bits per heavy atom. The van der Waals surface area contributed by atoms with Crippen LogP contribution in [0.15, 0.2) is 18.3 Å². The first-order valence-electron chi connectivity index (χ1n) is 6.06. The van der Waals surface area contributed by atoms with Crippen molar-refractivity contribution in [3.05, 3.63) is 23.9 Å². The van der Waals surface area contributed by atoms with E-state index in [0.717, 1.165) is 6.29 Å². The highest BCUT2D eigenvalue weighted by atomic mass is 16.5. The van der Waals surface area contributed by atoms with Crippen molar-refractivity contribution in [1.29, 1.82) is 0 Å². The van der Waals surface area contributed by atoms with Crippen LogP contribution in [0.5, 0.6) is 0 Å². The molecular formula is C13H18N2O3. The lowest BCUT2D eigenvalue weighted by Crippen LogP contribution is -2.46. The van der Waals surface area contributed by atoms with Gasteiger partial charge < -0.3 is 14.7 Å². The zero-order valence-electron chi connectivity index (χ0n) is 10.5. The van der Waals surface area contributed by atoms with Crippen molar-refractivity contribution in [1.82, 2.24) is 4.98 Å². The van der Waals surface area contributed by atoms with Crippen molar-refractivity contribution in [2.75, 3.05) is 31.7 Å². The number of hydrogen-bond acceptors (Lipinski definition) is 5. The fourth-order valence-electron chi connectivity index (χ4n) is 2.25. The molecule has 5 nitrogen and oxygen atoms in total. The van der Waals surface area contributed by atoms with Crippen LogP contribution in [0.25, 0.3) is 0 Å². The molecule has 0 aliphatic carbocycles. The number of ether oxygens (including phenoxy) is 1. The molecule has 1 fully saturated rings. The second-order valence-corrected chi connectivity index (χ2v) is 4.73. The number of pyridine rings is 1. The third kappa shape index (κ3) is 2.86. The van der Waals surface area contributed by atoms with Crippen LogP contribution in [0.4, 0.5) is 5.82 Å². The largest absolute Gasteiger partial charge is 0.388 e. The summed E-state index contributed by atoms with van der Waals surface area (Å²) in [5.74, 6) is 0.604. The topological polar surface area (TPSA) is 62.7 Å². The van der Waals surface area contributed by atoms with Gasteiger partial charge in [0.1, 0.15) is 5.82 Å². The maximum absolute atomic E-state index is 11.0. The summed E-state index contributed by atoms with van der Waals surface area (Å²) < 4.78 is 5.25. The summed E-state index contributed by atoms with van der Waals surface area (Å²) in [7, 11) is 1.84. The first-order chi connectivity index (χ1) is 8.64. The molecule has 1 aromatic rings. The molecular weight excluding hydrogens is 232 g/mol. The van der Waals surface area contributed by atoms with E-state index in [2.05, 4.69) is 4.98 Å². The third-order valence-corrected chi connectivity index (χ3v) is 3.26. The van der Waals surface area contributed by atoms with Crippen molar-refractivity contribution in [2.45, 2.75) is 18.4 Å². The Morgan fingerprint density at radius 2 is 2.28 bits per heavy atom. The Hall–Kier alpha value is -1.46. The monoisotopic (exact) mass is 250 g/mol. The number of nitrogens with zero attached hydrogens (tertiary/aromatic N) is 2. The summed E-state index contributed by atoms with van der Waals surface area (Å²) in [4.78, 5) is 17.0. The zero-order valence-corrected chi connectivity index (χ0v) is 10.5. The van der Waals surface area contributed by atoms with E-state index >= 15 is 0 Å². The molecule has 5 heteroatoms. The lowest BCUT2D eigenvalue weighted by molar-refractivity contribution is -0.0573. The van der Waals surface area contributed by atoms with E-state index in [1.54, 1.807) is 18.3 Å². The summed E-state index contributed by atoms with van der Waals surface area (Å²) in [5.41, 5.74) is -0.222. The van der Waals surface area contributed by atoms with Gasteiger partial charge in [-0.2, -0.15) is 0 Å². The molecule has 2 rings (SSSR count). The fraction of sp³-hybridized carbons (Fsp3) is 0.538. The van der Waals surface area contributed by atoms with E-state index in [9.17, 15) is 9.90 Å². The number of carbonyl (C=O) groups excluding carboxylic acids is 1. The molecule has 1 N–H and O–H groups in total. The second-order valence-electron chi connectivity index (χ2n) is 4.73. The van der Waals surface area contributed by atoms with E-state index in [1.807, 2.05) is 11.9 Å². The van der Waals surface area contributed by atoms with Crippen LogP contribution in [-0.4, -0.2) is 48.8 Å². The Labute approximate surface area is 106 Å². The normalized spacial score (nSPS) is 18.3. The Morgan fingerprint density at radius 1 is 1.56 bits per heavy atom. The molecule has 1 saturated heterocycles. The van der Waals surface area contributed by atoms with Gasteiger partial charge in [0.2, 0.25) is 0 Å². The lowest BCUT2D eigenvalue weighted by atomic mass is 9.94. The van der Waals surface area contributed by atoms with Crippen LogP contribution >= 0.6 is 0 Å². The molecule has 98 valence electrons. The predicted octanol–water partition coefficient (Wildman–Crippen LogP) is 0.872. The highest BCUT2D eigenvalue weighted by Gasteiger charge is 2.31. The van der Waals surface area contributed by atoms with Gasteiger partial charge in [-0.1, -0.05) is 0 Å². The van der Waals surface area contributed by atoms with Crippen LogP contribution in [0.1, 0.15) is 23.2 Å². The highest BCUT2D eigenvalue weighted by molar-refractivity contribution is 5.82. The molecule has 18 heavy (non-hydrogen) atoms. The molecule has 1 aliphatic heterocycles. The minimum atomic E-state index is -0.759. The summed E-state index contributed by atoms with van der Waals surface area (Å²) in [6.07, 6.45) is 3.65. The third-order valence-electron chi connectivity index (χ3n) is 3.26. The van der Waals surface area contributed by atoms with Crippen LogP contribution in [0, 0.1) is 0 Å². The Bertz CT molecular complexity index is 416. The van der Waals surface area contributed by atoms with Crippen LogP contribution in [0.3, 0.4) is 0 Å². The molecule has 0 radical (unpaired) electrons. The SMILES string of the molecule is CN(CC1(O)CCOCC1)c1ncccc1C=O. The Balaban J connectivity index is 2.11. The van der Waals surface area contributed by atoms with Gasteiger partial charge in [-0.25, -0.2) is 4.98 Å². The van der Waals surface area contributed by atoms with Crippen molar-refractivity contribution < 1.29 is 14.6 Å². The molecule has 1 aromatic heterocycles. The van der Waals surface area contributed by atoms with Gasteiger partial charge in [0.15, 0.2) is 6.29 Å². The van der Waals surface area contributed by atoms with E-state index in [-0.39, 0.29) is 0 Å². The standard InChI is InChI=1S/C13H18N2O3/c1-15(10-13(17)4-7-18-8-5-13)12-11(9-16)3-2-6-14-12/h2-3,6,9,17H,4-5,7-8,10H2,1H3. The quantitative estimate of drug-likeness (QED) is 0.803. The van der Waals surface area contributed by atoms with Gasteiger partial charge in [0.25, 0.3) is 0 Å². The molecule has 2 heterocycles. The summed E-state index contributed by atoms with van der Waals surface area (Å²) >= 11 is 0. The molecule has 0 atom stereocenters. The second kappa shape index (κ2) is 5.46. The maximum Gasteiger partial charge on any atom is 0.153 e. The molecule has 0 unspecified atom stereocenters. The smallest absolute Gasteiger partial charge is 0.153 e. The van der Waals surface area contributed by atoms with Crippen LogP contribution in [-0.2, 0) is 4.74 Å². The van der Waals surface area contributed by atoms with Gasteiger partial charge in [-0.05, 0) is 12.1 Å². The average molecular weight is 250 g/mol. The number of hydrogen-bond donors (Lipinski definition) is 1. The predicted molar refractivity (Wildman–Crippen MR) is 67.9 cm³/mol. The number of aldehydes is 1. The summed E-state index contributed by atoms with van der Waals surface area (Å²) in [6, 6.07) is 3.45. The van der Waals surface area contributed by atoms with E-state index in [0.29, 0.717) is 44.0 Å². The summed E-state index contributed by atoms with van der Waals surface area (Å²) in [6.45, 7) is 1.61. The highest BCUT2D eigenvalue weighted by Crippen LogP contribution is 2.24. The number of carbonyl (C=O) groups is 1. The first kappa shape index (κ1) is 13.0. The minimum absolute atomic E-state index is 0.453. The van der Waals surface area contributed by atoms with Crippen molar-refractivity contribution in [3.63, 3.8) is 0 Å². The molecule has 0 bridgehead atoms. The Kier molecular flexibility index (Phi) is 3.93. The summed E-state index contributed by atoms with van der Waals surface area (Å²) in [5, 5.41) is 10.4. The van der Waals surface area contributed by atoms with Crippen molar-refractivity contribution >= 4 is 12.1 Å². The van der Waals surface area contributed by atoms with Gasteiger partial charge in [-0.3, -0.25) is 4.79 Å². The number of rotatable bonds is 4. The first-order valence-corrected chi connectivity index (χ1v) is 6.06. The maximum atomic E-state index is 11.0. The molecule has 0 aromatic carbocycles. The van der Waals surface area contributed by atoms with Gasteiger partial charge in [0.05, 0.1) is 11.2 Å². The van der Waals surface area contributed by atoms with E-state index in [4.69, 9.17) is 4.74 Å². The molecule has 0 saturated carbocycles.